The Labute approximate surface area is 247 Å². The van der Waals surface area contributed by atoms with Gasteiger partial charge < -0.3 is 15.3 Å². The van der Waals surface area contributed by atoms with Gasteiger partial charge in [0.25, 0.3) is 11.6 Å². The van der Waals surface area contributed by atoms with Crippen LogP contribution in [0, 0.1) is 10.1 Å². The third-order valence-electron chi connectivity index (χ3n) is 7.12. The van der Waals surface area contributed by atoms with Crippen LogP contribution >= 0.6 is 11.3 Å². The second-order valence-corrected chi connectivity index (χ2v) is 10.9. The van der Waals surface area contributed by atoms with E-state index in [1.54, 1.807) is 24.3 Å². The Hall–Kier alpha value is -4.83. The first-order valence-corrected chi connectivity index (χ1v) is 14.6. The van der Waals surface area contributed by atoms with Crippen molar-refractivity contribution >= 4 is 45.3 Å². The molecule has 1 aromatic heterocycles. The molecule has 0 saturated heterocycles. The first-order chi connectivity index (χ1) is 20.4. The molecule has 3 aromatic carbocycles. The van der Waals surface area contributed by atoms with E-state index >= 15 is 0 Å². The molecule has 0 radical (unpaired) electrons. The lowest BCUT2D eigenvalue weighted by Gasteiger charge is -2.23. The van der Waals surface area contributed by atoms with Crippen LogP contribution in [0.15, 0.2) is 84.3 Å². The van der Waals surface area contributed by atoms with E-state index in [0.717, 1.165) is 40.5 Å². The van der Waals surface area contributed by atoms with E-state index in [1.807, 2.05) is 17.5 Å². The number of carboxylic acid groups (broad SMARTS) is 1. The minimum absolute atomic E-state index is 0.0306. The number of non-ortho nitro benzene ring substituents is 1. The molecule has 0 bridgehead atoms. The molecule has 0 saturated carbocycles. The molecule has 4 aromatic rings. The zero-order valence-corrected chi connectivity index (χ0v) is 23.7. The number of allylic oxidation sites excluding steroid dienone is 2. The Morgan fingerprint density at radius 1 is 0.976 bits per heavy atom. The number of rotatable bonds is 11. The van der Waals surface area contributed by atoms with Crippen molar-refractivity contribution < 1.29 is 19.6 Å². The molecular weight excluding hydrogens is 552 g/mol. The van der Waals surface area contributed by atoms with E-state index in [1.165, 1.54) is 47.4 Å². The lowest BCUT2D eigenvalue weighted by Crippen LogP contribution is -2.26. The normalized spacial score (nSPS) is 12.8. The van der Waals surface area contributed by atoms with E-state index in [4.69, 9.17) is 10.1 Å². The van der Waals surface area contributed by atoms with Crippen molar-refractivity contribution in [3.05, 3.63) is 111 Å². The van der Waals surface area contributed by atoms with Crippen LogP contribution in [-0.4, -0.2) is 33.4 Å². The lowest BCUT2D eigenvalue weighted by molar-refractivity contribution is -0.384. The molecule has 0 spiro atoms. The Morgan fingerprint density at radius 3 is 2.33 bits per heavy atom. The molecule has 1 amide bonds. The number of aromatic nitrogens is 1. The number of carbonyl (C=O) groups excluding carboxylic acids is 1. The maximum Gasteiger partial charge on any atom is 0.305 e. The van der Waals surface area contributed by atoms with Crippen molar-refractivity contribution in [3.8, 4) is 11.3 Å². The van der Waals surface area contributed by atoms with Crippen LogP contribution in [0.3, 0.4) is 0 Å². The van der Waals surface area contributed by atoms with Crippen LogP contribution in [0.4, 0.5) is 16.5 Å². The summed E-state index contributed by atoms with van der Waals surface area (Å²) in [6.07, 6.45) is 6.83. The number of nitro benzene ring substituents is 1. The number of aliphatic carboxylic acids is 1. The molecule has 9 nitrogen and oxygen atoms in total. The van der Waals surface area contributed by atoms with E-state index in [9.17, 15) is 19.7 Å². The molecule has 1 aliphatic carbocycles. The van der Waals surface area contributed by atoms with E-state index in [-0.39, 0.29) is 24.6 Å². The molecule has 0 atom stereocenters. The maximum absolute atomic E-state index is 12.4. The first kappa shape index (κ1) is 28.7. The van der Waals surface area contributed by atoms with Gasteiger partial charge in [-0.25, -0.2) is 4.98 Å². The van der Waals surface area contributed by atoms with Crippen molar-refractivity contribution in [1.29, 1.82) is 0 Å². The number of hydrogen-bond donors (Lipinski definition) is 2. The summed E-state index contributed by atoms with van der Waals surface area (Å²) in [5.41, 5.74) is 6.54. The molecule has 2 N–H and O–H groups in total. The minimum Gasteiger partial charge on any atom is -0.481 e. The number of anilines is 2. The van der Waals surface area contributed by atoms with Gasteiger partial charge in [0.1, 0.15) is 0 Å². The minimum atomic E-state index is -0.965. The van der Waals surface area contributed by atoms with Crippen LogP contribution in [-0.2, 0) is 11.3 Å². The molecular formula is C32H30N4O5S. The van der Waals surface area contributed by atoms with Gasteiger partial charge in [-0.2, -0.15) is 0 Å². The summed E-state index contributed by atoms with van der Waals surface area (Å²) >= 11 is 1.49. The van der Waals surface area contributed by atoms with Crippen molar-refractivity contribution in [3.63, 3.8) is 0 Å². The highest BCUT2D eigenvalue weighted by Gasteiger charge is 2.17. The molecule has 1 heterocycles. The van der Waals surface area contributed by atoms with E-state index in [2.05, 4.69) is 40.6 Å². The predicted octanol–water partition coefficient (Wildman–Crippen LogP) is 7.22. The largest absolute Gasteiger partial charge is 0.481 e. The van der Waals surface area contributed by atoms with Gasteiger partial charge in [0, 0.05) is 40.9 Å². The number of amides is 1. The van der Waals surface area contributed by atoms with E-state index < -0.39 is 10.9 Å². The fraction of sp³-hybridized carbons (Fsp3) is 0.219. The molecule has 10 heteroatoms. The zero-order valence-electron chi connectivity index (χ0n) is 22.9. The summed E-state index contributed by atoms with van der Waals surface area (Å²) in [6.45, 7) is 0.563. The second-order valence-electron chi connectivity index (χ2n) is 10.0. The van der Waals surface area contributed by atoms with Gasteiger partial charge in [-0.1, -0.05) is 30.3 Å². The number of thiazole rings is 1. The number of nitro groups is 1. The Bertz CT molecular complexity index is 1600. The number of hydrogen-bond acceptors (Lipinski definition) is 7. The number of carbonyl (C=O) groups is 2. The van der Waals surface area contributed by atoms with Crippen molar-refractivity contribution in [1.82, 2.24) is 10.3 Å². The number of nitrogens with one attached hydrogen (secondary N) is 1. The van der Waals surface area contributed by atoms with E-state index in [0.29, 0.717) is 12.1 Å². The van der Waals surface area contributed by atoms with Gasteiger partial charge in [0.05, 0.1) is 23.6 Å². The molecule has 0 fully saturated rings. The Kier molecular flexibility index (Phi) is 9.03. The average Bonchev–Trinajstić information content (AvgIpc) is 3.51. The number of nitrogens with zero attached hydrogens (tertiary/aromatic N) is 3. The molecule has 42 heavy (non-hydrogen) atoms. The highest BCUT2D eigenvalue weighted by molar-refractivity contribution is 7.14. The summed E-state index contributed by atoms with van der Waals surface area (Å²) < 4.78 is 0. The molecule has 5 rings (SSSR count). The highest BCUT2D eigenvalue weighted by Crippen LogP contribution is 2.35. The molecule has 214 valence electrons. The maximum atomic E-state index is 12.4. The van der Waals surface area contributed by atoms with Crippen LogP contribution in [0.2, 0.25) is 0 Å². The Morgan fingerprint density at radius 2 is 1.69 bits per heavy atom. The lowest BCUT2D eigenvalue weighted by atomic mass is 9.93. The topological polar surface area (TPSA) is 126 Å². The van der Waals surface area contributed by atoms with Crippen LogP contribution in [0.5, 0.6) is 0 Å². The standard InChI is InChI=1S/C32H30N4O5S/c37-30(38)18-19-33-31(39)26-8-6-22(7-9-26)20-35(27-14-10-24(11-15-27)23-4-2-1-3-5-23)32-34-29(21-42-32)25-12-16-28(17-13-25)36(40)41/h4,6-17,21H,1-3,5,18-20H2,(H,33,39)(H,37,38). The van der Waals surface area contributed by atoms with Crippen LogP contribution in [0.25, 0.3) is 16.8 Å². The summed E-state index contributed by atoms with van der Waals surface area (Å²) in [7, 11) is 0. The van der Waals surface area contributed by atoms with Crippen molar-refractivity contribution in [2.24, 2.45) is 0 Å². The molecule has 1 aliphatic rings. The SMILES string of the molecule is O=C(O)CCNC(=O)c1ccc(CN(c2ccc(C3=CCCCC3)cc2)c2nc(-c3ccc([N+](=O)[O-])cc3)cs2)cc1. The summed E-state index contributed by atoms with van der Waals surface area (Å²) in [5, 5.41) is 25.2. The third-order valence-corrected chi connectivity index (χ3v) is 7.98. The summed E-state index contributed by atoms with van der Waals surface area (Å²) in [6, 6.07) is 22.1. The van der Waals surface area contributed by atoms with Gasteiger partial charge in [-0.15, -0.1) is 11.3 Å². The van der Waals surface area contributed by atoms with Gasteiger partial charge in [0.15, 0.2) is 5.13 Å². The third kappa shape index (κ3) is 7.08. The van der Waals surface area contributed by atoms with Gasteiger partial charge in [-0.05, 0) is 78.8 Å². The predicted molar refractivity (Wildman–Crippen MR) is 164 cm³/mol. The average molecular weight is 583 g/mol. The summed E-state index contributed by atoms with van der Waals surface area (Å²) in [4.78, 5) is 40.8. The molecule has 0 unspecified atom stereocenters. The molecule has 0 aliphatic heterocycles. The zero-order chi connectivity index (χ0) is 29.5. The van der Waals surface area contributed by atoms with Gasteiger partial charge in [0.2, 0.25) is 0 Å². The van der Waals surface area contributed by atoms with Gasteiger partial charge >= 0.3 is 5.97 Å². The first-order valence-electron chi connectivity index (χ1n) is 13.7. The Balaban J connectivity index is 1.40. The quantitative estimate of drug-likeness (QED) is 0.141. The second kappa shape index (κ2) is 13.2. The highest BCUT2D eigenvalue weighted by atomic mass is 32.1. The monoisotopic (exact) mass is 582 g/mol. The number of benzene rings is 3. The van der Waals surface area contributed by atoms with Crippen LogP contribution in [0.1, 0.15) is 53.6 Å². The van der Waals surface area contributed by atoms with Gasteiger partial charge in [-0.3, -0.25) is 19.7 Å². The van der Waals surface area contributed by atoms with Crippen molar-refractivity contribution in [2.45, 2.75) is 38.6 Å². The van der Waals surface area contributed by atoms with Crippen LogP contribution < -0.4 is 10.2 Å². The fourth-order valence-electron chi connectivity index (χ4n) is 4.83. The number of carboxylic acids is 1. The smallest absolute Gasteiger partial charge is 0.305 e. The fourth-order valence-corrected chi connectivity index (χ4v) is 5.68. The van der Waals surface area contributed by atoms with Crippen molar-refractivity contribution in [2.75, 3.05) is 11.4 Å². The summed E-state index contributed by atoms with van der Waals surface area (Å²) in [5.74, 6) is -1.28.